The lowest BCUT2D eigenvalue weighted by atomic mass is 10.1. The molecule has 112 valence electrons. The van der Waals surface area contributed by atoms with E-state index in [4.69, 9.17) is 28.3 Å². The number of benzene rings is 1. The molecule has 2 aromatic heterocycles. The molecule has 1 aromatic carbocycles. The summed E-state index contributed by atoms with van der Waals surface area (Å²) < 4.78 is 1.48. The molecule has 1 N–H and O–H groups in total. The average molecular weight is 337 g/mol. The standard InChI is InChI=1S/C14H10Cl2N4O2/c1-6-11(8-3-4-9(15)10(16)5-8)13-18-17-12(14(21)22)7(2)20(13)19-6/h3-5H,1-2H3,(H,21,22). The number of carbonyl (C=O) groups is 1. The monoisotopic (exact) mass is 336 g/mol. The molecule has 6 nitrogen and oxygen atoms in total. The fourth-order valence-corrected chi connectivity index (χ4v) is 2.60. The van der Waals surface area contributed by atoms with E-state index in [-0.39, 0.29) is 5.69 Å². The molecule has 0 spiro atoms. The number of hydrogen-bond acceptors (Lipinski definition) is 4. The van der Waals surface area contributed by atoms with E-state index >= 15 is 0 Å². The highest BCUT2D eigenvalue weighted by Crippen LogP contribution is 2.32. The van der Waals surface area contributed by atoms with Crippen LogP contribution in [0.25, 0.3) is 16.8 Å². The van der Waals surface area contributed by atoms with Crippen molar-refractivity contribution in [3.8, 4) is 11.1 Å². The van der Waals surface area contributed by atoms with Gasteiger partial charge in [0.15, 0.2) is 11.3 Å². The quantitative estimate of drug-likeness (QED) is 0.775. The van der Waals surface area contributed by atoms with Crippen LogP contribution in [0.15, 0.2) is 18.2 Å². The third-order valence-corrected chi connectivity index (χ3v) is 4.09. The van der Waals surface area contributed by atoms with E-state index in [1.165, 1.54) is 4.52 Å². The molecule has 0 radical (unpaired) electrons. The van der Waals surface area contributed by atoms with E-state index in [1.54, 1.807) is 25.1 Å². The number of halogens is 2. The normalized spacial score (nSPS) is 11.1. The van der Waals surface area contributed by atoms with Crippen LogP contribution in [0.1, 0.15) is 21.9 Å². The van der Waals surface area contributed by atoms with Crippen LogP contribution >= 0.6 is 23.2 Å². The molecule has 0 aliphatic carbocycles. The number of hydrogen-bond donors (Lipinski definition) is 1. The number of rotatable bonds is 2. The van der Waals surface area contributed by atoms with Gasteiger partial charge in [0.1, 0.15) is 0 Å². The first-order chi connectivity index (χ1) is 10.4. The van der Waals surface area contributed by atoms with Gasteiger partial charge in [-0.2, -0.15) is 5.10 Å². The molecule has 0 fully saturated rings. The molecule has 0 saturated carbocycles. The minimum Gasteiger partial charge on any atom is -0.476 e. The van der Waals surface area contributed by atoms with Crippen LogP contribution in [-0.2, 0) is 0 Å². The number of fused-ring (bicyclic) bond motifs is 1. The van der Waals surface area contributed by atoms with Gasteiger partial charge in [0.05, 0.1) is 27.0 Å². The van der Waals surface area contributed by atoms with Crippen molar-refractivity contribution in [1.82, 2.24) is 19.8 Å². The van der Waals surface area contributed by atoms with Gasteiger partial charge in [-0.15, -0.1) is 10.2 Å². The van der Waals surface area contributed by atoms with Crippen LogP contribution in [0.4, 0.5) is 0 Å². The number of aromatic carboxylic acids is 1. The van der Waals surface area contributed by atoms with Gasteiger partial charge in [-0.3, -0.25) is 0 Å². The van der Waals surface area contributed by atoms with E-state index < -0.39 is 5.97 Å². The van der Waals surface area contributed by atoms with E-state index in [2.05, 4.69) is 15.3 Å². The average Bonchev–Trinajstić information content (AvgIpc) is 2.79. The maximum absolute atomic E-state index is 11.1. The Morgan fingerprint density at radius 1 is 1.18 bits per heavy atom. The first kappa shape index (κ1) is 14.7. The summed E-state index contributed by atoms with van der Waals surface area (Å²) >= 11 is 12.0. The van der Waals surface area contributed by atoms with Crippen LogP contribution in [0.2, 0.25) is 10.0 Å². The lowest BCUT2D eigenvalue weighted by Gasteiger charge is -2.04. The maximum Gasteiger partial charge on any atom is 0.358 e. The van der Waals surface area contributed by atoms with E-state index in [1.807, 2.05) is 6.92 Å². The van der Waals surface area contributed by atoms with Crippen LogP contribution in [0, 0.1) is 13.8 Å². The minimum absolute atomic E-state index is 0.129. The number of carboxylic acids is 1. The van der Waals surface area contributed by atoms with Crippen molar-refractivity contribution >= 4 is 34.8 Å². The number of aromatic nitrogens is 4. The Morgan fingerprint density at radius 3 is 2.55 bits per heavy atom. The molecule has 0 aliphatic heterocycles. The first-order valence-electron chi connectivity index (χ1n) is 6.31. The van der Waals surface area contributed by atoms with Crippen LogP contribution in [0.3, 0.4) is 0 Å². The largest absolute Gasteiger partial charge is 0.476 e. The summed E-state index contributed by atoms with van der Waals surface area (Å²) in [6, 6.07) is 5.21. The van der Waals surface area contributed by atoms with Crippen molar-refractivity contribution in [3.05, 3.63) is 45.3 Å². The van der Waals surface area contributed by atoms with Gasteiger partial charge in [0.25, 0.3) is 0 Å². The molecule has 3 aromatic rings. The molecule has 2 heterocycles. The molecule has 3 rings (SSSR count). The smallest absolute Gasteiger partial charge is 0.358 e. The Balaban J connectivity index is 2.31. The molecule has 0 saturated heterocycles. The molecular formula is C14H10Cl2N4O2. The zero-order valence-corrected chi connectivity index (χ0v) is 13.1. The second kappa shape index (κ2) is 5.23. The highest BCUT2D eigenvalue weighted by atomic mass is 35.5. The van der Waals surface area contributed by atoms with Gasteiger partial charge in [-0.1, -0.05) is 29.3 Å². The van der Waals surface area contributed by atoms with E-state index in [0.717, 1.165) is 11.1 Å². The first-order valence-corrected chi connectivity index (χ1v) is 7.07. The van der Waals surface area contributed by atoms with Gasteiger partial charge >= 0.3 is 5.97 Å². The summed E-state index contributed by atoms with van der Waals surface area (Å²) in [6.45, 7) is 3.45. The van der Waals surface area contributed by atoms with Crippen molar-refractivity contribution in [2.75, 3.05) is 0 Å². The Labute approximate surface area is 135 Å². The van der Waals surface area contributed by atoms with Crippen LogP contribution in [0.5, 0.6) is 0 Å². The number of aryl methyl sites for hydroxylation is 2. The van der Waals surface area contributed by atoms with Crippen molar-refractivity contribution < 1.29 is 9.90 Å². The zero-order chi connectivity index (χ0) is 16.0. The third-order valence-electron chi connectivity index (χ3n) is 3.35. The predicted octanol–water partition coefficient (Wildman–Crippen LogP) is 3.41. The topological polar surface area (TPSA) is 80.4 Å². The fraction of sp³-hybridized carbons (Fsp3) is 0.143. The van der Waals surface area contributed by atoms with E-state index in [9.17, 15) is 4.79 Å². The number of nitrogens with zero attached hydrogens (tertiary/aromatic N) is 4. The van der Waals surface area contributed by atoms with E-state index in [0.29, 0.717) is 27.1 Å². The van der Waals surface area contributed by atoms with Crippen LogP contribution in [-0.4, -0.2) is 30.9 Å². The summed E-state index contributed by atoms with van der Waals surface area (Å²) in [5, 5.41) is 22.1. The molecule has 0 unspecified atom stereocenters. The molecule has 0 atom stereocenters. The highest BCUT2D eigenvalue weighted by molar-refractivity contribution is 6.42. The van der Waals surface area contributed by atoms with Crippen molar-refractivity contribution in [1.29, 1.82) is 0 Å². The SMILES string of the molecule is Cc1nn2c(C)c(C(=O)O)nnc2c1-c1ccc(Cl)c(Cl)c1. The van der Waals surface area contributed by atoms with Gasteiger partial charge in [-0.05, 0) is 31.5 Å². The van der Waals surface area contributed by atoms with Gasteiger partial charge in [0.2, 0.25) is 0 Å². The molecule has 0 bridgehead atoms. The second-order valence-corrected chi connectivity index (χ2v) is 5.58. The molecule has 22 heavy (non-hydrogen) atoms. The summed E-state index contributed by atoms with van der Waals surface area (Å²) in [7, 11) is 0. The third kappa shape index (κ3) is 2.20. The Hall–Kier alpha value is -2.18. The van der Waals surface area contributed by atoms with Crippen molar-refractivity contribution in [2.45, 2.75) is 13.8 Å². The molecular weight excluding hydrogens is 327 g/mol. The molecule has 8 heteroatoms. The Bertz CT molecular complexity index is 921. The molecule has 0 amide bonds. The Kier molecular flexibility index (Phi) is 3.50. The number of carboxylic acid groups (broad SMARTS) is 1. The summed E-state index contributed by atoms with van der Waals surface area (Å²) in [4.78, 5) is 11.1. The van der Waals surface area contributed by atoms with Gasteiger partial charge < -0.3 is 5.11 Å². The van der Waals surface area contributed by atoms with Gasteiger partial charge in [0, 0.05) is 0 Å². The predicted molar refractivity (Wildman–Crippen MR) is 82.7 cm³/mol. The molecule has 0 aliphatic rings. The Morgan fingerprint density at radius 2 is 1.91 bits per heavy atom. The van der Waals surface area contributed by atoms with Gasteiger partial charge in [-0.25, -0.2) is 9.31 Å². The van der Waals surface area contributed by atoms with Crippen LogP contribution < -0.4 is 0 Å². The minimum atomic E-state index is -1.14. The fourth-order valence-electron chi connectivity index (χ4n) is 2.30. The summed E-state index contributed by atoms with van der Waals surface area (Å²) in [5.74, 6) is -1.14. The zero-order valence-electron chi connectivity index (χ0n) is 11.6. The van der Waals surface area contributed by atoms with Crippen molar-refractivity contribution in [2.24, 2.45) is 0 Å². The highest BCUT2D eigenvalue weighted by Gasteiger charge is 2.20. The maximum atomic E-state index is 11.1. The second-order valence-electron chi connectivity index (χ2n) is 4.76. The summed E-state index contributed by atoms with van der Waals surface area (Å²) in [6.07, 6.45) is 0. The summed E-state index contributed by atoms with van der Waals surface area (Å²) in [5.41, 5.74) is 2.98. The lowest BCUT2D eigenvalue weighted by molar-refractivity contribution is 0.0687. The lowest BCUT2D eigenvalue weighted by Crippen LogP contribution is -2.10. The van der Waals surface area contributed by atoms with Crippen molar-refractivity contribution in [3.63, 3.8) is 0 Å².